The molecular formula is C13H18O2. The Morgan fingerprint density at radius 2 is 1.93 bits per heavy atom. The number of aliphatic carboxylic acids is 1. The van der Waals surface area contributed by atoms with Crippen LogP contribution in [0.5, 0.6) is 0 Å². The van der Waals surface area contributed by atoms with Crippen molar-refractivity contribution in [2.24, 2.45) is 5.92 Å². The first-order valence-electron chi connectivity index (χ1n) is 5.29. The van der Waals surface area contributed by atoms with Gasteiger partial charge in [0.05, 0.1) is 0 Å². The second-order valence-corrected chi connectivity index (χ2v) is 4.22. The summed E-state index contributed by atoms with van der Waals surface area (Å²) in [6.07, 6.45) is 0.232. The van der Waals surface area contributed by atoms with Crippen LogP contribution >= 0.6 is 0 Å². The predicted octanol–water partition coefficient (Wildman–Crippen LogP) is 3.21. The first-order valence-corrected chi connectivity index (χ1v) is 5.29. The molecular weight excluding hydrogens is 188 g/mol. The van der Waals surface area contributed by atoms with E-state index in [-0.39, 0.29) is 12.3 Å². The van der Waals surface area contributed by atoms with Gasteiger partial charge < -0.3 is 5.11 Å². The number of benzene rings is 1. The molecule has 0 spiro atoms. The van der Waals surface area contributed by atoms with E-state index in [1.165, 1.54) is 11.1 Å². The molecule has 15 heavy (non-hydrogen) atoms. The standard InChI is InChI=1S/C13H18O2/c1-9-6-4-5-7-12(9)11(3)10(2)8-13(14)15/h4-7,10-11H,8H2,1-3H3,(H,14,15). The number of hydrogen-bond donors (Lipinski definition) is 1. The summed E-state index contributed by atoms with van der Waals surface area (Å²) < 4.78 is 0. The molecule has 0 saturated carbocycles. The number of aryl methyl sites for hydroxylation is 1. The number of carbonyl (C=O) groups is 1. The maximum atomic E-state index is 10.6. The van der Waals surface area contributed by atoms with Gasteiger partial charge in [0.15, 0.2) is 0 Å². The average molecular weight is 206 g/mol. The normalized spacial score (nSPS) is 14.6. The van der Waals surface area contributed by atoms with Crippen molar-refractivity contribution >= 4 is 5.97 Å². The zero-order valence-corrected chi connectivity index (χ0v) is 9.53. The second kappa shape index (κ2) is 4.96. The molecule has 1 rings (SSSR count). The molecule has 2 nitrogen and oxygen atoms in total. The zero-order chi connectivity index (χ0) is 11.4. The van der Waals surface area contributed by atoms with Crippen LogP contribution in [0, 0.1) is 12.8 Å². The Hall–Kier alpha value is -1.31. The number of carboxylic acid groups (broad SMARTS) is 1. The molecule has 2 unspecified atom stereocenters. The molecule has 1 N–H and O–H groups in total. The largest absolute Gasteiger partial charge is 0.481 e. The van der Waals surface area contributed by atoms with Crippen LogP contribution in [-0.4, -0.2) is 11.1 Å². The highest BCUT2D eigenvalue weighted by Crippen LogP contribution is 2.28. The molecule has 0 saturated heterocycles. The summed E-state index contributed by atoms with van der Waals surface area (Å²) in [5.41, 5.74) is 2.49. The summed E-state index contributed by atoms with van der Waals surface area (Å²) in [6, 6.07) is 8.16. The minimum Gasteiger partial charge on any atom is -0.481 e. The van der Waals surface area contributed by atoms with Crippen molar-refractivity contribution in [3.05, 3.63) is 35.4 Å². The van der Waals surface area contributed by atoms with Crippen molar-refractivity contribution < 1.29 is 9.90 Å². The highest BCUT2D eigenvalue weighted by Gasteiger charge is 2.18. The number of hydrogen-bond acceptors (Lipinski definition) is 1. The third kappa shape index (κ3) is 3.08. The van der Waals surface area contributed by atoms with E-state index < -0.39 is 5.97 Å². The third-order valence-corrected chi connectivity index (χ3v) is 3.03. The molecule has 1 aromatic carbocycles. The summed E-state index contributed by atoms with van der Waals surface area (Å²) in [5, 5.41) is 8.75. The Balaban J connectivity index is 2.80. The van der Waals surface area contributed by atoms with E-state index in [4.69, 9.17) is 5.11 Å². The van der Waals surface area contributed by atoms with E-state index in [2.05, 4.69) is 26.0 Å². The van der Waals surface area contributed by atoms with Crippen LogP contribution < -0.4 is 0 Å². The van der Waals surface area contributed by atoms with Crippen LogP contribution in [0.1, 0.15) is 37.3 Å². The number of rotatable bonds is 4. The Labute approximate surface area is 90.9 Å². The lowest BCUT2D eigenvalue weighted by Gasteiger charge is -2.20. The first-order chi connectivity index (χ1) is 7.02. The molecule has 1 aromatic rings. The molecule has 0 bridgehead atoms. The fourth-order valence-electron chi connectivity index (χ4n) is 1.86. The molecule has 82 valence electrons. The van der Waals surface area contributed by atoms with E-state index in [1.54, 1.807) is 0 Å². The fraction of sp³-hybridized carbons (Fsp3) is 0.462. The highest BCUT2D eigenvalue weighted by molar-refractivity contribution is 5.67. The lowest BCUT2D eigenvalue weighted by molar-refractivity contribution is -0.138. The highest BCUT2D eigenvalue weighted by atomic mass is 16.4. The van der Waals surface area contributed by atoms with E-state index in [0.717, 1.165) is 0 Å². The van der Waals surface area contributed by atoms with E-state index in [9.17, 15) is 4.79 Å². The molecule has 0 aromatic heterocycles. The summed E-state index contributed by atoms with van der Waals surface area (Å²) in [7, 11) is 0. The van der Waals surface area contributed by atoms with Crippen LogP contribution in [0.2, 0.25) is 0 Å². The van der Waals surface area contributed by atoms with Gasteiger partial charge in [0.1, 0.15) is 0 Å². The molecule has 0 radical (unpaired) electrons. The predicted molar refractivity (Wildman–Crippen MR) is 61.0 cm³/mol. The second-order valence-electron chi connectivity index (χ2n) is 4.22. The third-order valence-electron chi connectivity index (χ3n) is 3.03. The summed E-state index contributed by atoms with van der Waals surface area (Å²) in [6.45, 7) is 6.15. The van der Waals surface area contributed by atoms with Crippen molar-refractivity contribution in [1.29, 1.82) is 0 Å². The average Bonchev–Trinajstić information content (AvgIpc) is 2.16. The van der Waals surface area contributed by atoms with Crippen LogP contribution in [0.25, 0.3) is 0 Å². The summed E-state index contributed by atoms with van der Waals surface area (Å²) in [4.78, 5) is 10.6. The Morgan fingerprint density at radius 3 is 2.47 bits per heavy atom. The molecule has 0 aliphatic rings. The van der Waals surface area contributed by atoms with Gasteiger partial charge in [-0.05, 0) is 29.9 Å². The van der Waals surface area contributed by atoms with Crippen molar-refractivity contribution in [2.75, 3.05) is 0 Å². The van der Waals surface area contributed by atoms with Crippen LogP contribution in [0.15, 0.2) is 24.3 Å². The SMILES string of the molecule is Cc1ccccc1C(C)C(C)CC(=O)O. The first kappa shape index (κ1) is 11.8. The number of carboxylic acids is 1. The lowest BCUT2D eigenvalue weighted by atomic mass is 9.85. The van der Waals surface area contributed by atoms with Crippen molar-refractivity contribution in [3.63, 3.8) is 0 Å². The minimum absolute atomic E-state index is 0.170. The van der Waals surface area contributed by atoms with Gasteiger partial charge in [-0.25, -0.2) is 0 Å². The smallest absolute Gasteiger partial charge is 0.303 e. The topological polar surface area (TPSA) is 37.3 Å². The van der Waals surface area contributed by atoms with Crippen LogP contribution in [0.4, 0.5) is 0 Å². The monoisotopic (exact) mass is 206 g/mol. The van der Waals surface area contributed by atoms with Gasteiger partial charge in [0, 0.05) is 6.42 Å². The van der Waals surface area contributed by atoms with Crippen molar-refractivity contribution in [3.8, 4) is 0 Å². The Kier molecular flexibility index (Phi) is 3.89. The maximum absolute atomic E-state index is 10.6. The molecule has 0 amide bonds. The minimum atomic E-state index is -0.720. The van der Waals surface area contributed by atoms with Gasteiger partial charge in [-0.2, -0.15) is 0 Å². The van der Waals surface area contributed by atoms with Gasteiger partial charge in [-0.3, -0.25) is 4.79 Å². The molecule has 0 heterocycles. The van der Waals surface area contributed by atoms with Crippen molar-refractivity contribution in [1.82, 2.24) is 0 Å². The van der Waals surface area contributed by atoms with E-state index in [0.29, 0.717) is 5.92 Å². The summed E-state index contributed by atoms with van der Waals surface area (Å²) >= 11 is 0. The molecule has 2 atom stereocenters. The van der Waals surface area contributed by atoms with Gasteiger partial charge in [-0.1, -0.05) is 38.1 Å². The van der Waals surface area contributed by atoms with E-state index in [1.807, 2.05) is 19.1 Å². The molecule has 2 heteroatoms. The maximum Gasteiger partial charge on any atom is 0.303 e. The zero-order valence-electron chi connectivity index (χ0n) is 9.53. The van der Waals surface area contributed by atoms with E-state index >= 15 is 0 Å². The fourth-order valence-corrected chi connectivity index (χ4v) is 1.86. The van der Waals surface area contributed by atoms with Gasteiger partial charge in [0.25, 0.3) is 0 Å². The van der Waals surface area contributed by atoms with Gasteiger partial charge in [0.2, 0.25) is 0 Å². The Morgan fingerprint density at radius 1 is 1.33 bits per heavy atom. The molecule has 0 aliphatic carbocycles. The van der Waals surface area contributed by atoms with Crippen molar-refractivity contribution in [2.45, 2.75) is 33.1 Å². The van der Waals surface area contributed by atoms with Gasteiger partial charge >= 0.3 is 5.97 Å². The molecule has 0 fully saturated rings. The molecule has 0 aliphatic heterocycles. The quantitative estimate of drug-likeness (QED) is 0.821. The Bertz CT molecular complexity index is 344. The van der Waals surface area contributed by atoms with Crippen LogP contribution in [0.3, 0.4) is 0 Å². The summed E-state index contributed by atoms with van der Waals surface area (Å²) in [5.74, 6) is -0.256. The van der Waals surface area contributed by atoms with Crippen LogP contribution in [-0.2, 0) is 4.79 Å². The lowest BCUT2D eigenvalue weighted by Crippen LogP contribution is -2.12. The van der Waals surface area contributed by atoms with Gasteiger partial charge in [-0.15, -0.1) is 0 Å².